The average molecular weight is 446 g/mol. The number of nitrogens with one attached hydrogen (secondary N) is 2. The minimum absolute atomic E-state index is 0. The lowest BCUT2D eigenvalue weighted by Crippen LogP contribution is -2.48. The van der Waals surface area contributed by atoms with Gasteiger partial charge in [0.1, 0.15) is 5.75 Å². The summed E-state index contributed by atoms with van der Waals surface area (Å²) in [7, 11) is 3.52. The summed E-state index contributed by atoms with van der Waals surface area (Å²) in [6, 6.07) is 8.62. The van der Waals surface area contributed by atoms with Crippen molar-refractivity contribution in [2.75, 3.05) is 33.8 Å². The number of nitrogens with zero attached hydrogens (tertiary/aromatic N) is 2. The molecule has 0 amide bonds. The first-order chi connectivity index (χ1) is 11.2. The molecular weight excluding hydrogens is 415 g/mol. The van der Waals surface area contributed by atoms with Crippen LogP contribution < -0.4 is 15.4 Å². The molecule has 0 aliphatic carbocycles. The van der Waals surface area contributed by atoms with Crippen molar-refractivity contribution in [2.45, 2.75) is 38.8 Å². The van der Waals surface area contributed by atoms with Gasteiger partial charge in [0, 0.05) is 32.7 Å². The molecule has 6 heteroatoms. The maximum Gasteiger partial charge on any atom is 0.191 e. The van der Waals surface area contributed by atoms with Gasteiger partial charge in [0.25, 0.3) is 0 Å². The topological polar surface area (TPSA) is 48.9 Å². The lowest BCUT2D eigenvalue weighted by Gasteiger charge is -2.32. The highest BCUT2D eigenvalue weighted by atomic mass is 127. The van der Waals surface area contributed by atoms with Crippen LogP contribution in [-0.2, 0) is 6.54 Å². The van der Waals surface area contributed by atoms with Crippen molar-refractivity contribution in [3.63, 3.8) is 0 Å². The second-order valence-corrected chi connectivity index (χ2v) is 6.04. The maximum atomic E-state index is 5.26. The number of ether oxygens (including phenoxy) is 1. The number of guanidine groups is 1. The van der Waals surface area contributed by atoms with Gasteiger partial charge in [0.05, 0.1) is 7.11 Å². The van der Waals surface area contributed by atoms with Crippen molar-refractivity contribution in [3.05, 3.63) is 29.8 Å². The van der Waals surface area contributed by atoms with E-state index in [9.17, 15) is 0 Å². The van der Waals surface area contributed by atoms with Gasteiger partial charge in [-0.25, -0.2) is 0 Å². The maximum absolute atomic E-state index is 5.26. The van der Waals surface area contributed by atoms with Crippen molar-refractivity contribution in [3.8, 4) is 5.75 Å². The van der Waals surface area contributed by atoms with E-state index in [4.69, 9.17) is 4.74 Å². The normalized spacial score (nSPS) is 16.4. The Morgan fingerprint density at radius 3 is 2.71 bits per heavy atom. The SMILES string of the molecule is CCCN1CCC(NC(=NC)NCc2cccc(OC)c2)CC1.I. The Morgan fingerprint density at radius 2 is 2.08 bits per heavy atom. The summed E-state index contributed by atoms with van der Waals surface area (Å²) >= 11 is 0. The first kappa shape index (κ1) is 21.0. The summed E-state index contributed by atoms with van der Waals surface area (Å²) in [5.74, 6) is 1.76. The predicted octanol–water partition coefficient (Wildman–Crippen LogP) is 2.85. The van der Waals surface area contributed by atoms with E-state index in [1.54, 1.807) is 7.11 Å². The molecule has 136 valence electrons. The summed E-state index contributed by atoms with van der Waals surface area (Å²) in [6.45, 7) is 6.56. The van der Waals surface area contributed by atoms with E-state index in [0.717, 1.165) is 18.3 Å². The van der Waals surface area contributed by atoms with Crippen LogP contribution in [0.25, 0.3) is 0 Å². The third-order valence-corrected chi connectivity index (χ3v) is 4.29. The third kappa shape index (κ3) is 6.84. The molecule has 1 fully saturated rings. The summed E-state index contributed by atoms with van der Waals surface area (Å²) in [5.41, 5.74) is 1.19. The molecule has 1 heterocycles. The van der Waals surface area contributed by atoms with Gasteiger partial charge in [-0.05, 0) is 43.5 Å². The zero-order chi connectivity index (χ0) is 16.5. The molecule has 0 unspecified atom stereocenters. The number of halogens is 1. The zero-order valence-corrected chi connectivity index (χ0v) is 17.4. The van der Waals surface area contributed by atoms with E-state index in [1.807, 2.05) is 25.2 Å². The standard InChI is InChI=1S/C18H30N4O.HI/c1-4-10-22-11-8-16(9-12-22)21-18(19-2)20-14-15-6-5-7-17(13-15)23-3;/h5-7,13,16H,4,8-12,14H2,1-3H3,(H2,19,20,21);1H. The fourth-order valence-electron chi connectivity index (χ4n) is 2.97. The first-order valence-electron chi connectivity index (χ1n) is 8.57. The molecular formula is C18H31IN4O. The van der Waals surface area contributed by atoms with Crippen molar-refractivity contribution in [1.29, 1.82) is 0 Å². The van der Waals surface area contributed by atoms with Crippen LogP contribution in [0.4, 0.5) is 0 Å². The van der Waals surface area contributed by atoms with E-state index < -0.39 is 0 Å². The molecule has 2 rings (SSSR count). The van der Waals surface area contributed by atoms with Gasteiger partial charge in [-0.1, -0.05) is 19.1 Å². The van der Waals surface area contributed by atoms with Crippen LogP contribution in [0.3, 0.4) is 0 Å². The molecule has 1 aromatic rings. The minimum atomic E-state index is 0. The van der Waals surface area contributed by atoms with E-state index in [2.05, 4.69) is 33.5 Å². The predicted molar refractivity (Wildman–Crippen MR) is 111 cm³/mol. The number of aliphatic imine (C=N–C) groups is 1. The molecule has 0 radical (unpaired) electrons. The Balaban J connectivity index is 0.00000288. The van der Waals surface area contributed by atoms with Gasteiger partial charge in [0.2, 0.25) is 0 Å². The smallest absolute Gasteiger partial charge is 0.191 e. The van der Waals surface area contributed by atoms with Gasteiger partial charge in [-0.3, -0.25) is 4.99 Å². The summed E-state index contributed by atoms with van der Waals surface area (Å²) in [4.78, 5) is 6.89. The van der Waals surface area contributed by atoms with Gasteiger partial charge in [0.15, 0.2) is 5.96 Å². The minimum Gasteiger partial charge on any atom is -0.497 e. The zero-order valence-electron chi connectivity index (χ0n) is 15.0. The van der Waals surface area contributed by atoms with Crippen molar-refractivity contribution in [1.82, 2.24) is 15.5 Å². The Bertz CT molecular complexity index is 502. The van der Waals surface area contributed by atoms with Gasteiger partial charge >= 0.3 is 0 Å². The second-order valence-electron chi connectivity index (χ2n) is 6.04. The fourth-order valence-corrected chi connectivity index (χ4v) is 2.97. The first-order valence-corrected chi connectivity index (χ1v) is 8.57. The molecule has 1 saturated heterocycles. The molecule has 1 aromatic carbocycles. The Labute approximate surface area is 163 Å². The van der Waals surface area contributed by atoms with Crippen LogP contribution in [0, 0.1) is 0 Å². The lowest BCUT2D eigenvalue weighted by molar-refractivity contribution is 0.206. The van der Waals surface area contributed by atoms with E-state index in [0.29, 0.717) is 6.04 Å². The monoisotopic (exact) mass is 446 g/mol. The van der Waals surface area contributed by atoms with E-state index in [-0.39, 0.29) is 24.0 Å². The summed E-state index contributed by atoms with van der Waals surface area (Å²) < 4.78 is 5.26. The van der Waals surface area contributed by atoms with Crippen molar-refractivity contribution < 1.29 is 4.74 Å². The summed E-state index contributed by atoms with van der Waals surface area (Å²) in [6.07, 6.45) is 3.60. The number of benzene rings is 1. The van der Waals surface area contributed by atoms with Crippen LogP contribution >= 0.6 is 24.0 Å². The molecule has 1 aliphatic heterocycles. The molecule has 24 heavy (non-hydrogen) atoms. The van der Waals surface area contributed by atoms with Gasteiger partial charge < -0.3 is 20.3 Å². The number of rotatable bonds is 6. The van der Waals surface area contributed by atoms with Crippen molar-refractivity contribution >= 4 is 29.9 Å². The highest BCUT2D eigenvalue weighted by molar-refractivity contribution is 14.0. The van der Waals surface area contributed by atoms with Crippen LogP contribution in [0.5, 0.6) is 5.75 Å². The number of likely N-dealkylation sites (tertiary alicyclic amines) is 1. The number of piperidine rings is 1. The molecule has 0 spiro atoms. The van der Waals surface area contributed by atoms with Gasteiger partial charge in [-0.2, -0.15) is 0 Å². The highest BCUT2D eigenvalue weighted by Gasteiger charge is 2.19. The average Bonchev–Trinajstić information content (AvgIpc) is 2.60. The van der Waals surface area contributed by atoms with Crippen LogP contribution in [0.15, 0.2) is 29.3 Å². The summed E-state index contributed by atoms with van der Waals surface area (Å²) in [5, 5.41) is 6.94. The Morgan fingerprint density at radius 1 is 1.33 bits per heavy atom. The Hall–Kier alpha value is -1.02. The van der Waals surface area contributed by atoms with E-state index >= 15 is 0 Å². The fraction of sp³-hybridized carbons (Fsp3) is 0.611. The molecule has 0 atom stereocenters. The van der Waals surface area contributed by atoms with Crippen LogP contribution in [0.1, 0.15) is 31.7 Å². The molecule has 0 aromatic heterocycles. The largest absolute Gasteiger partial charge is 0.497 e. The van der Waals surface area contributed by atoms with E-state index in [1.165, 1.54) is 44.5 Å². The highest BCUT2D eigenvalue weighted by Crippen LogP contribution is 2.13. The number of hydrogen-bond donors (Lipinski definition) is 2. The third-order valence-electron chi connectivity index (χ3n) is 4.29. The van der Waals surface area contributed by atoms with Gasteiger partial charge in [-0.15, -0.1) is 24.0 Å². The lowest BCUT2D eigenvalue weighted by atomic mass is 10.1. The second kappa shape index (κ2) is 11.5. The number of methoxy groups -OCH3 is 1. The number of hydrogen-bond acceptors (Lipinski definition) is 3. The molecule has 2 N–H and O–H groups in total. The molecule has 0 saturated carbocycles. The molecule has 1 aliphatic rings. The van der Waals surface area contributed by atoms with Crippen LogP contribution in [-0.4, -0.2) is 50.7 Å². The van der Waals surface area contributed by atoms with Crippen LogP contribution in [0.2, 0.25) is 0 Å². The molecule has 5 nitrogen and oxygen atoms in total. The quantitative estimate of drug-likeness (QED) is 0.401. The Kier molecular flexibility index (Phi) is 10.1. The van der Waals surface area contributed by atoms with Crippen molar-refractivity contribution in [2.24, 2.45) is 4.99 Å². The molecule has 0 bridgehead atoms.